The number of nitrogens with zero attached hydrogens (tertiary/aromatic N) is 1. The number of carboxylic acids is 1. The lowest BCUT2D eigenvalue weighted by Crippen LogP contribution is -2.39. The molecule has 2 aliphatic heterocycles. The zero-order valence-electron chi connectivity index (χ0n) is 16.3. The molecule has 0 unspecified atom stereocenters. The molecule has 0 aromatic heterocycles. The van der Waals surface area contributed by atoms with E-state index in [1.165, 1.54) is 0 Å². The Morgan fingerprint density at radius 2 is 2.00 bits per heavy atom. The summed E-state index contributed by atoms with van der Waals surface area (Å²) in [5.74, 6) is 0.354. The number of hydrogen-bond acceptors (Lipinski definition) is 4. The van der Waals surface area contributed by atoms with Crippen molar-refractivity contribution in [2.75, 3.05) is 19.9 Å². The second kappa shape index (κ2) is 7.47. The number of carbonyl (C=O) groups is 1. The SMILES string of the molecule is CCCC(C)(C)C[C@H]1[C@H](C(=O)O)[C@@H](c2ccc3c(c2)OCO3)CN1CC. The van der Waals surface area contributed by atoms with Gasteiger partial charge in [0, 0.05) is 18.5 Å². The molecule has 26 heavy (non-hydrogen) atoms. The Hall–Kier alpha value is -1.75. The molecule has 5 heteroatoms. The van der Waals surface area contributed by atoms with Crippen molar-refractivity contribution in [1.29, 1.82) is 0 Å². The number of likely N-dealkylation sites (N-methyl/N-ethyl adjacent to an activating group) is 1. The lowest BCUT2D eigenvalue weighted by atomic mass is 9.76. The predicted octanol–water partition coefficient (Wildman–Crippen LogP) is 4.12. The fourth-order valence-corrected chi connectivity index (χ4v) is 4.75. The quantitative estimate of drug-likeness (QED) is 0.792. The van der Waals surface area contributed by atoms with Crippen LogP contribution in [0.15, 0.2) is 18.2 Å². The lowest BCUT2D eigenvalue weighted by Gasteiger charge is -2.34. The molecule has 0 radical (unpaired) electrons. The Morgan fingerprint density at radius 3 is 2.65 bits per heavy atom. The average Bonchev–Trinajstić information content (AvgIpc) is 3.17. The van der Waals surface area contributed by atoms with Gasteiger partial charge in [0.1, 0.15) is 0 Å². The van der Waals surface area contributed by atoms with Crippen molar-refractivity contribution in [3.8, 4) is 11.5 Å². The summed E-state index contributed by atoms with van der Waals surface area (Å²) in [5, 5.41) is 10.1. The van der Waals surface area contributed by atoms with Gasteiger partial charge in [0.2, 0.25) is 6.79 Å². The lowest BCUT2D eigenvalue weighted by molar-refractivity contribution is -0.143. The van der Waals surface area contributed by atoms with Crippen LogP contribution in [0, 0.1) is 11.3 Å². The number of aliphatic carboxylic acids is 1. The number of benzene rings is 1. The molecule has 1 aromatic carbocycles. The average molecular weight is 361 g/mol. The summed E-state index contributed by atoms with van der Waals surface area (Å²) in [6.45, 7) is 10.7. The van der Waals surface area contributed by atoms with Gasteiger partial charge in [0.15, 0.2) is 11.5 Å². The summed E-state index contributed by atoms with van der Waals surface area (Å²) in [6, 6.07) is 5.94. The van der Waals surface area contributed by atoms with Crippen molar-refractivity contribution in [2.45, 2.75) is 58.9 Å². The molecule has 1 saturated heterocycles. The van der Waals surface area contributed by atoms with Crippen molar-refractivity contribution in [3.63, 3.8) is 0 Å². The van der Waals surface area contributed by atoms with Crippen molar-refractivity contribution < 1.29 is 19.4 Å². The van der Waals surface area contributed by atoms with Gasteiger partial charge in [0.25, 0.3) is 0 Å². The Labute approximate surface area is 156 Å². The largest absolute Gasteiger partial charge is 0.481 e. The first-order chi connectivity index (χ1) is 12.4. The van der Waals surface area contributed by atoms with E-state index in [1.54, 1.807) is 0 Å². The molecule has 2 aliphatic rings. The van der Waals surface area contributed by atoms with E-state index in [1.807, 2.05) is 18.2 Å². The van der Waals surface area contributed by atoms with Crippen LogP contribution in [0.4, 0.5) is 0 Å². The Balaban J connectivity index is 1.90. The molecule has 3 rings (SSSR count). The van der Waals surface area contributed by atoms with Gasteiger partial charge in [0.05, 0.1) is 5.92 Å². The molecule has 1 fully saturated rings. The van der Waals surface area contributed by atoms with Crippen LogP contribution in [-0.4, -0.2) is 41.9 Å². The van der Waals surface area contributed by atoms with Crippen LogP contribution in [0.5, 0.6) is 11.5 Å². The molecule has 1 N–H and O–H groups in total. The topological polar surface area (TPSA) is 59.0 Å². The van der Waals surface area contributed by atoms with Crippen molar-refractivity contribution >= 4 is 5.97 Å². The molecule has 2 heterocycles. The third-order valence-corrected chi connectivity index (χ3v) is 5.95. The minimum atomic E-state index is -0.694. The summed E-state index contributed by atoms with van der Waals surface area (Å²) in [6.07, 6.45) is 3.14. The second-order valence-corrected chi connectivity index (χ2v) is 8.36. The highest BCUT2D eigenvalue weighted by molar-refractivity contribution is 5.73. The van der Waals surface area contributed by atoms with Crippen molar-refractivity contribution in [3.05, 3.63) is 23.8 Å². The zero-order valence-corrected chi connectivity index (χ0v) is 16.3. The molecule has 5 nitrogen and oxygen atoms in total. The zero-order chi connectivity index (χ0) is 18.9. The number of carboxylic acid groups (broad SMARTS) is 1. The minimum Gasteiger partial charge on any atom is -0.481 e. The first kappa shape index (κ1) is 19.0. The highest BCUT2D eigenvalue weighted by atomic mass is 16.7. The number of ether oxygens (including phenoxy) is 2. The van der Waals surface area contributed by atoms with E-state index in [9.17, 15) is 9.90 Å². The van der Waals surface area contributed by atoms with Gasteiger partial charge in [-0.05, 0) is 42.5 Å². The van der Waals surface area contributed by atoms with E-state index in [-0.39, 0.29) is 24.2 Å². The summed E-state index contributed by atoms with van der Waals surface area (Å²) >= 11 is 0. The van der Waals surface area contributed by atoms with E-state index in [4.69, 9.17) is 9.47 Å². The maximum absolute atomic E-state index is 12.3. The summed E-state index contributed by atoms with van der Waals surface area (Å²) in [7, 11) is 0. The fourth-order valence-electron chi connectivity index (χ4n) is 4.75. The smallest absolute Gasteiger partial charge is 0.308 e. The van der Waals surface area contributed by atoms with E-state index in [2.05, 4.69) is 32.6 Å². The monoisotopic (exact) mass is 361 g/mol. The molecule has 1 aromatic rings. The first-order valence-electron chi connectivity index (χ1n) is 9.72. The van der Waals surface area contributed by atoms with Gasteiger partial charge in [-0.25, -0.2) is 0 Å². The maximum atomic E-state index is 12.3. The third kappa shape index (κ3) is 3.68. The van der Waals surface area contributed by atoms with Gasteiger partial charge < -0.3 is 14.6 Å². The van der Waals surface area contributed by atoms with Crippen LogP contribution >= 0.6 is 0 Å². The standard InChI is InChI=1S/C21H31NO4/c1-5-9-21(3,4)11-16-19(20(23)24)15(12-22(16)6-2)14-7-8-17-18(10-14)26-13-25-17/h7-8,10,15-16,19H,5-6,9,11-13H2,1-4H3,(H,23,24)/t15-,16+,19-/m1/s1. The van der Waals surface area contributed by atoms with E-state index in [0.717, 1.165) is 49.4 Å². The number of rotatable bonds is 7. The fraction of sp³-hybridized carbons (Fsp3) is 0.667. The highest BCUT2D eigenvalue weighted by Crippen LogP contribution is 2.45. The maximum Gasteiger partial charge on any atom is 0.308 e. The predicted molar refractivity (Wildman–Crippen MR) is 101 cm³/mol. The highest BCUT2D eigenvalue weighted by Gasteiger charge is 2.47. The van der Waals surface area contributed by atoms with Gasteiger partial charge >= 0.3 is 5.97 Å². The summed E-state index contributed by atoms with van der Waals surface area (Å²) in [4.78, 5) is 14.6. The van der Waals surface area contributed by atoms with Gasteiger partial charge in [-0.15, -0.1) is 0 Å². The molecule has 0 bridgehead atoms. The summed E-state index contributed by atoms with van der Waals surface area (Å²) in [5.41, 5.74) is 1.18. The van der Waals surface area contributed by atoms with Crippen LogP contribution in [0.1, 0.15) is 58.4 Å². The molecule has 0 spiro atoms. The molecular weight excluding hydrogens is 330 g/mol. The van der Waals surface area contributed by atoms with Gasteiger partial charge in [-0.2, -0.15) is 0 Å². The Morgan fingerprint density at radius 1 is 1.27 bits per heavy atom. The second-order valence-electron chi connectivity index (χ2n) is 8.36. The van der Waals surface area contributed by atoms with Crippen LogP contribution in [0.25, 0.3) is 0 Å². The van der Waals surface area contributed by atoms with E-state index in [0.29, 0.717) is 0 Å². The molecular formula is C21H31NO4. The minimum absolute atomic E-state index is 0.0237. The Kier molecular flexibility index (Phi) is 5.47. The summed E-state index contributed by atoms with van der Waals surface area (Å²) < 4.78 is 10.9. The molecule has 3 atom stereocenters. The van der Waals surface area contributed by atoms with E-state index < -0.39 is 11.9 Å². The van der Waals surface area contributed by atoms with Crippen LogP contribution < -0.4 is 9.47 Å². The van der Waals surface area contributed by atoms with Crippen LogP contribution in [0.2, 0.25) is 0 Å². The van der Waals surface area contributed by atoms with E-state index >= 15 is 0 Å². The molecule has 0 aliphatic carbocycles. The number of likely N-dealkylation sites (tertiary alicyclic amines) is 1. The van der Waals surface area contributed by atoms with Crippen LogP contribution in [-0.2, 0) is 4.79 Å². The van der Waals surface area contributed by atoms with Crippen LogP contribution in [0.3, 0.4) is 0 Å². The number of fused-ring (bicyclic) bond motifs is 1. The van der Waals surface area contributed by atoms with Crippen molar-refractivity contribution in [2.24, 2.45) is 11.3 Å². The first-order valence-corrected chi connectivity index (χ1v) is 9.72. The van der Waals surface area contributed by atoms with Crippen molar-refractivity contribution in [1.82, 2.24) is 4.90 Å². The molecule has 0 saturated carbocycles. The normalized spacial score (nSPS) is 25.6. The third-order valence-electron chi connectivity index (χ3n) is 5.95. The molecule has 0 amide bonds. The van der Waals surface area contributed by atoms with Gasteiger partial charge in [-0.3, -0.25) is 9.69 Å². The van der Waals surface area contributed by atoms with Gasteiger partial charge in [-0.1, -0.05) is 40.2 Å². The number of hydrogen-bond donors (Lipinski definition) is 1. The molecule has 144 valence electrons. The Bertz CT molecular complexity index is 657.